The Hall–Kier alpha value is -0.340. The summed E-state index contributed by atoms with van der Waals surface area (Å²) in [5, 5.41) is 13.8. The topological polar surface area (TPSA) is 32.3 Å². The number of rotatable bonds is 8. The zero-order chi connectivity index (χ0) is 12.4. The van der Waals surface area contributed by atoms with Crippen molar-refractivity contribution in [1.29, 1.82) is 0 Å². The minimum Gasteiger partial charge on any atom is -0.389 e. The second-order valence-corrected chi connectivity index (χ2v) is 5.45. The van der Waals surface area contributed by atoms with Crippen molar-refractivity contribution in [1.82, 2.24) is 5.32 Å². The molecular weight excluding hydrogens is 210 g/mol. The van der Waals surface area contributed by atoms with Gasteiger partial charge in [-0.15, -0.1) is 6.58 Å². The lowest BCUT2D eigenvalue weighted by molar-refractivity contribution is 0.0254. The van der Waals surface area contributed by atoms with E-state index in [-0.39, 0.29) is 0 Å². The molecule has 1 saturated carbocycles. The Morgan fingerprint density at radius 3 is 2.41 bits per heavy atom. The molecule has 2 nitrogen and oxygen atoms in total. The summed E-state index contributed by atoms with van der Waals surface area (Å²) in [6.07, 6.45) is 13.8. The van der Waals surface area contributed by atoms with Gasteiger partial charge in [0.15, 0.2) is 0 Å². The molecule has 2 N–H and O–H groups in total. The average molecular weight is 239 g/mol. The van der Waals surface area contributed by atoms with Gasteiger partial charge in [-0.05, 0) is 38.6 Å². The zero-order valence-electron chi connectivity index (χ0n) is 11.2. The Bertz CT molecular complexity index is 195. The molecular formula is C15H29NO. The third-order valence-electron chi connectivity index (χ3n) is 3.75. The maximum Gasteiger partial charge on any atom is 0.0771 e. The molecule has 1 aliphatic rings. The van der Waals surface area contributed by atoms with Gasteiger partial charge in [0.25, 0.3) is 0 Å². The van der Waals surface area contributed by atoms with E-state index < -0.39 is 5.60 Å². The van der Waals surface area contributed by atoms with E-state index in [9.17, 15) is 5.11 Å². The Morgan fingerprint density at radius 2 is 1.76 bits per heavy atom. The Labute approximate surface area is 106 Å². The largest absolute Gasteiger partial charge is 0.389 e. The molecule has 0 aromatic rings. The number of allylic oxidation sites excluding steroid dienone is 1. The van der Waals surface area contributed by atoms with E-state index in [0.717, 1.165) is 32.4 Å². The molecule has 0 unspecified atom stereocenters. The van der Waals surface area contributed by atoms with Gasteiger partial charge in [0.1, 0.15) is 0 Å². The predicted octanol–water partition coefficient (Wildman–Crippen LogP) is 3.41. The Morgan fingerprint density at radius 1 is 1.06 bits per heavy atom. The third-order valence-corrected chi connectivity index (χ3v) is 3.75. The van der Waals surface area contributed by atoms with Gasteiger partial charge in [-0.3, -0.25) is 0 Å². The van der Waals surface area contributed by atoms with Crippen molar-refractivity contribution in [2.45, 2.75) is 69.8 Å². The summed E-state index contributed by atoms with van der Waals surface area (Å²) in [5.41, 5.74) is -0.419. The van der Waals surface area contributed by atoms with Crippen molar-refractivity contribution >= 4 is 0 Å². The van der Waals surface area contributed by atoms with Gasteiger partial charge in [-0.25, -0.2) is 0 Å². The summed E-state index contributed by atoms with van der Waals surface area (Å²) in [7, 11) is 0. The molecule has 0 amide bonds. The van der Waals surface area contributed by atoms with E-state index in [2.05, 4.69) is 11.9 Å². The van der Waals surface area contributed by atoms with Gasteiger partial charge in [0.2, 0.25) is 0 Å². The minimum atomic E-state index is -0.419. The van der Waals surface area contributed by atoms with Gasteiger partial charge in [0, 0.05) is 6.54 Å². The van der Waals surface area contributed by atoms with E-state index in [1.165, 1.54) is 44.9 Å². The summed E-state index contributed by atoms with van der Waals surface area (Å²) in [6.45, 7) is 5.55. The number of aliphatic hydroxyl groups is 1. The van der Waals surface area contributed by atoms with Gasteiger partial charge < -0.3 is 10.4 Å². The molecule has 0 atom stereocenters. The quantitative estimate of drug-likeness (QED) is 0.386. The van der Waals surface area contributed by atoms with Crippen LogP contribution >= 0.6 is 0 Å². The molecule has 0 spiro atoms. The summed E-state index contributed by atoms with van der Waals surface area (Å²) < 4.78 is 0. The van der Waals surface area contributed by atoms with E-state index in [1.54, 1.807) is 0 Å². The van der Waals surface area contributed by atoms with E-state index in [0.29, 0.717) is 0 Å². The number of hydrogen-bond donors (Lipinski definition) is 2. The smallest absolute Gasteiger partial charge is 0.0771 e. The molecule has 17 heavy (non-hydrogen) atoms. The Kier molecular flexibility index (Phi) is 7.54. The van der Waals surface area contributed by atoms with Gasteiger partial charge in [-0.2, -0.15) is 0 Å². The van der Waals surface area contributed by atoms with Crippen molar-refractivity contribution in [2.24, 2.45) is 0 Å². The minimum absolute atomic E-state index is 0.419. The first kappa shape index (κ1) is 14.7. The van der Waals surface area contributed by atoms with Crippen LogP contribution in [0.1, 0.15) is 64.2 Å². The van der Waals surface area contributed by atoms with Crippen LogP contribution in [0.5, 0.6) is 0 Å². The van der Waals surface area contributed by atoms with Gasteiger partial charge in [0.05, 0.1) is 5.60 Å². The first-order chi connectivity index (χ1) is 8.27. The highest BCUT2D eigenvalue weighted by Crippen LogP contribution is 2.26. The van der Waals surface area contributed by atoms with Gasteiger partial charge >= 0.3 is 0 Å². The summed E-state index contributed by atoms with van der Waals surface area (Å²) >= 11 is 0. The fourth-order valence-electron chi connectivity index (χ4n) is 2.60. The lowest BCUT2D eigenvalue weighted by Crippen LogP contribution is -2.40. The fourth-order valence-corrected chi connectivity index (χ4v) is 2.60. The molecule has 0 aromatic carbocycles. The van der Waals surface area contributed by atoms with Crippen molar-refractivity contribution in [3.63, 3.8) is 0 Å². The third kappa shape index (κ3) is 6.85. The van der Waals surface area contributed by atoms with Crippen molar-refractivity contribution < 1.29 is 5.11 Å². The molecule has 0 aromatic heterocycles. The van der Waals surface area contributed by atoms with Crippen LogP contribution in [-0.2, 0) is 0 Å². The van der Waals surface area contributed by atoms with Crippen LogP contribution in [0.3, 0.4) is 0 Å². The van der Waals surface area contributed by atoms with Crippen LogP contribution in [0.25, 0.3) is 0 Å². The van der Waals surface area contributed by atoms with Gasteiger partial charge in [-0.1, -0.05) is 38.2 Å². The normalized spacial score (nSPS) is 19.8. The van der Waals surface area contributed by atoms with E-state index in [1.807, 2.05) is 6.08 Å². The molecule has 1 aliphatic carbocycles. The molecule has 0 aliphatic heterocycles. The zero-order valence-corrected chi connectivity index (χ0v) is 11.2. The fraction of sp³-hybridized carbons (Fsp3) is 0.867. The molecule has 100 valence electrons. The first-order valence-corrected chi connectivity index (χ1v) is 7.31. The first-order valence-electron chi connectivity index (χ1n) is 7.31. The SMILES string of the molecule is C=CCCCCCNCC1(O)CCCCCC1. The molecule has 0 saturated heterocycles. The summed E-state index contributed by atoms with van der Waals surface area (Å²) in [4.78, 5) is 0. The van der Waals surface area contributed by atoms with Crippen molar-refractivity contribution in [3.05, 3.63) is 12.7 Å². The van der Waals surface area contributed by atoms with Crippen LogP contribution in [0, 0.1) is 0 Å². The molecule has 2 heteroatoms. The molecule has 1 rings (SSSR count). The Balaban J connectivity index is 2.02. The second kappa shape index (κ2) is 8.71. The number of nitrogens with one attached hydrogen (secondary N) is 1. The predicted molar refractivity (Wildman–Crippen MR) is 74.2 cm³/mol. The molecule has 0 bridgehead atoms. The highest BCUT2D eigenvalue weighted by atomic mass is 16.3. The van der Waals surface area contributed by atoms with Crippen LogP contribution in [0.2, 0.25) is 0 Å². The van der Waals surface area contributed by atoms with Crippen LogP contribution in [-0.4, -0.2) is 23.8 Å². The van der Waals surface area contributed by atoms with Crippen LogP contribution in [0.4, 0.5) is 0 Å². The number of unbranched alkanes of at least 4 members (excludes halogenated alkanes) is 3. The maximum absolute atomic E-state index is 10.4. The van der Waals surface area contributed by atoms with Crippen molar-refractivity contribution in [2.75, 3.05) is 13.1 Å². The summed E-state index contributed by atoms with van der Waals surface area (Å²) in [5.74, 6) is 0. The summed E-state index contributed by atoms with van der Waals surface area (Å²) in [6, 6.07) is 0. The van der Waals surface area contributed by atoms with Crippen LogP contribution < -0.4 is 5.32 Å². The molecule has 1 fully saturated rings. The lowest BCUT2D eigenvalue weighted by Gasteiger charge is -2.27. The highest BCUT2D eigenvalue weighted by Gasteiger charge is 2.26. The van der Waals surface area contributed by atoms with Crippen LogP contribution in [0.15, 0.2) is 12.7 Å². The lowest BCUT2D eigenvalue weighted by atomic mass is 9.94. The number of hydrogen-bond acceptors (Lipinski definition) is 2. The van der Waals surface area contributed by atoms with E-state index >= 15 is 0 Å². The maximum atomic E-state index is 10.4. The molecule has 0 radical (unpaired) electrons. The highest BCUT2D eigenvalue weighted by molar-refractivity contribution is 4.83. The average Bonchev–Trinajstić information content (AvgIpc) is 2.53. The van der Waals surface area contributed by atoms with E-state index in [4.69, 9.17) is 0 Å². The standard InChI is InChI=1S/C15H29NO/c1-2-3-4-7-10-13-16-14-15(17)11-8-5-6-9-12-15/h2,16-17H,1,3-14H2. The second-order valence-electron chi connectivity index (χ2n) is 5.45. The van der Waals surface area contributed by atoms with Crippen molar-refractivity contribution in [3.8, 4) is 0 Å². The monoisotopic (exact) mass is 239 g/mol. The molecule has 0 heterocycles.